The molecule has 140 valence electrons. The molecule has 1 aromatic heterocycles. The predicted molar refractivity (Wildman–Crippen MR) is 114 cm³/mol. The van der Waals surface area contributed by atoms with E-state index in [1.54, 1.807) is 18.2 Å². The van der Waals surface area contributed by atoms with Crippen molar-refractivity contribution in [2.24, 2.45) is 0 Å². The molecule has 0 atom stereocenters. The number of carbonyl (C=O) groups excluding carboxylic acids is 1. The Morgan fingerprint density at radius 2 is 1.81 bits per heavy atom. The quantitative estimate of drug-likeness (QED) is 0.535. The largest absolute Gasteiger partial charge is 0.363 e. The van der Waals surface area contributed by atoms with Crippen molar-refractivity contribution in [1.29, 1.82) is 0 Å². The molecule has 0 bridgehead atoms. The first-order valence-electron chi connectivity index (χ1n) is 8.94. The Kier molecular flexibility index (Phi) is 6.03. The number of ketones is 1. The Bertz CT molecular complexity index is 979. The van der Waals surface area contributed by atoms with Gasteiger partial charge in [0.15, 0.2) is 5.78 Å². The molecule has 0 aliphatic rings. The number of halogens is 2. The van der Waals surface area contributed by atoms with Crippen LogP contribution in [-0.4, -0.2) is 17.3 Å². The molecule has 0 spiro atoms. The number of fused-ring (bicyclic) bond motifs is 1. The summed E-state index contributed by atoms with van der Waals surface area (Å²) in [6, 6.07) is 13.4. The molecule has 0 radical (unpaired) electrons. The van der Waals surface area contributed by atoms with Crippen LogP contribution in [0.4, 0.5) is 5.82 Å². The van der Waals surface area contributed by atoms with Gasteiger partial charge in [-0.15, -0.1) is 0 Å². The van der Waals surface area contributed by atoms with E-state index in [1.807, 2.05) is 6.07 Å². The normalized spacial score (nSPS) is 11.2. The average molecular weight is 401 g/mol. The number of para-hydroxylation sites is 1. The molecule has 0 saturated carbocycles. The molecule has 3 aromatic rings. The number of carbonyl (C=O) groups is 1. The van der Waals surface area contributed by atoms with Crippen LogP contribution in [0.2, 0.25) is 10.0 Å². The van der Waals surface area contributed by atoms with Gasteiger partial charge >= 0.3 is 0 Å². The zero-order chi connectivity index (χ0) is 19.6. The summed E-state index contributed by atoms with van der Waals surface area (Å²) >= 11 is 12.0. The first-order valence-corrected chi connectivity index (χ1v) is 9.70. The Morgan fingerprint density at radius 3 is 2.48 bits per heavy atom. The van der Waals surface area contributed by atoms with Gasteiger partial charge in [0, 0.05) is 21.9 Å². The summed E-state index contributed by atoms with van der Waals surface area (Å²) in [7, 11) is 0. The van der Waals surface area contributed by atoms with Gasteiger partial charge in [-0.25, -0.2) is 4.98 Å². The Balaban J connectivity index is 1.78. The Labute approximate surface area is 169 Å². The first kappa shape index (κ1) is 19.7. The van der Waals surface area contributed by atoms with Crippen LogP contribution < -0.4 is 5.32 Å². The Morgan fingerprint density at radius 1 is 1.11 bits per heavy atom. The molecule has 2 aromatic carbocycles. The van der Waals surface area contributed by atoms with Crippen molar-refractivity contribution in [2.75, 3.05) is 11.9 Å². The fraction of sp³-hybridized carbons (Fsp3) is 0.273. The minimum atomic E-state index is 0.0473. The fourth-order valence-electron chi connectivity index (χ4n) is 3.18. The number of aromatic nitrogens is 1. The lowest BCUT2D eigenvalue weighted by atomic mass is 9.97. The second kappa shape index (κ2) is 8.28. The summed E-state index contributed by atoms with van der Waals surface area (Å²) in [6.45, 7) is 6.58. The van der Waals surface area contributed by atoms with Gasteiger partial charge in [0.05, 0.1) is 12.1 Å². The van der Waals surface area contributed by atoms with E-state index >= 15 is 0 Å². The first-order chi connectivity index (χ1) is 12.8. The summed E-state index contributed by atoms with van der Waals surface area (Å²) in [5.41, 5.74) is 4.13. The van der Waals surface area contributed by atoms with Crippen molar-refractivity contribution in [3.8, 4) is 0 Å². The van der Waals surface area contributed by atoms with Crippen molar-refractivity contribution in [1.82, 2.24) is 4.98 Å². The van der Waals surface area contributed by atoms with Crippen molar-refractivity contribution < 1.29 is 4.79 Å². The summed E-state index contributed by atoms with van der Waals surface area (Å²) in [6.07, 6.45) is 0.275. The average Bonchev–Trinajstić information content (AvgIpc) is 2.59. The number of nitrogens with zero attached hydrogens (tertiary/aromatic N) is 1. The number of aryl methyl sites for hydroxylation is 1. The van der Waals surface area contributed by atoms with E-state index in [-0.39, 0.29) is 18.7 Å². The van der Waals surface area contributed by atoms with Gasteiger partial charge in [0.1, 0.15) is 5.82 Å². The van der Waals surface area contributed by atoms with E-state index < -0.39 is 0 Å². The van der Waals surface area contributed by atoms with Gasteiger partial charge in [-0.1, -0.05) is 55.2 Å². The number of Topliss-reactive ketones (excluding diaryl/α,β-unsaturated/α-hetero) is 1. The molecule has 0 fully saturated rings. The molecule has 0 saturated heterocycles. The summed E-state index contributed by atoms with van der Waals surface area (Å²) in [5.74, 6) is 1.13. The monoisotopic (exact) mass is 400 g/mol. The molecule has 0 amide bonds. The highest BCUT2D eigenvalue weighted by molar-refractivity contribution is 6.34. The van der Waals surface area contributed by atoms with Crippen LogP contribution >= 0.6 is 23.2 Å². The van der Waals surface area contributed by atoms with Gasteiger partial charge in [0.2, 0.25) is 0 Å². The molecular formula is C22H22Cl2N2O. The van der Waals surface area contributed by atoms with E-state index in [0.29, 0.717) is 16.0 Å². The van der Waals surface area contributed by atoms with Crippen LogP contribution in [0.25, 0.3) is 10.9 Å². The van der Waals surface area contributed by atoms with Crippen molar-refractivity contribution in [2.45, 2.75) is 33.1 Å². The maximum Gasteiger partial charge on any atom is 0.156 e. The van der Waals surface area contributed by atoms with E-state index in [0.717, 1.165) is 27.8 Å². The highest BCUT2D eigenvalue weighted by Gasteiger charge is 2.12. The van der Waals surface area contributed by atoms with Crippen molar-refractivity contribution in [3.63, 3.8) is 0 Å². The predicted octanol–water partition coefficient (Wildman–Crippen LogP) is 6.20. The van der Waals surface area contributed by atoms with E-state index in [2.05, 4.69) is 44.3 Å². The SMILES string of the molecule is Cc1cccc2c(C(C)C)cc(NCC(=O)Cc3cc(Cl)cc(Cl)c3)nc12. The van der Waals surface area contributed by atoms with E-state index in [1.165, 1.54) is 5.56 Å². The highest BCUT2D eigenvalue weighted by atomic mass is 35.5. The number of benzene rings is 2. The summed E-state index contributed by atoms with van der Waals surface area (Å²) in [5, 5.41) is 5.41. The van der Waals surface area contributed by atoms with Crippen molar-refractivity contribution >= 4 is 45.7 Å². The number of nitrogens with one attached hydrogen (secondary N) is 1. The molecule has 5 heteroatoms. The third-order valence-electron chi connectivity index (χ3n) is 4.49. The lowest BCUT2D eigenvalue weighted by Crippen LogP contribution is -2.17. The van der Waals surface area contributed by atoms with Crippen LogP contribution in [0.1, 0.15) is 36.5 Å². The molecular weight excluding hydrogens is 379 g/mol. The van der Waals surface area contributed by atoms with Gasteiger partial charge in [-0.05, 0) is 53.8 Å². The minimum absolute atomic E-state index is 0.0473. The lowest BCUT2D eigenvalue weighted by Gasteiger charge is -2.14. The molecule has 0 aliphatic carbocycles. The van der Waals surface area contributed by atoms with E-state index in [4.69, 9.17) is 28.2 Å². The number of hydrogen-bond donors (Lipinski definition) is 1. The number of hydrogen-bond acceptors (Lipinski definition) is 3. The Hall–Kier alpha value is -2.10. The molecule has 0 aliphatic heterocycles. The van der Waals surface area contributed by atoms with Gasteiger partial charge in [-0.2, -0.15) is 0 Å². The third kappa shape index (κ3) is 4.79. The smallest absolute Gasteiger partial charge is 0.156 e. The maximum absolute atomic E-state index is 12.4. The van der Waals surface area contributed by atoms with Crippen LogP contribution in [-0.2, 0) is 11.2 Å². The number of pyridine rings is 1. The zero-order valence-electron chi connectivity index (χ0n) is 15.6. The third-order valence-corrected chi connectivity index (χ3v) is 4.92. The maximum atomic E-state index is 12.4. The second-order valence-electron chi connectivity index (χ2n) is 7.07. The van der Waals surface area contributed by atoms with Crippen molar-refractivity contribution in [3.05, 3.63) is 69.2 Å². The number of rotatable bonds is 6. The summed E-state index contributed by atoms with van der Waals surface area (Å²) < 4.78 is 0. The molecule has 27 heavy (non-hydrogen) atoms. The zero-order valence-corrected chi connectivity index (χ0v) is 17.2. The molecule has 3 nitrogen and oxygen atoms in total. The highest BCUT2D eigenvalue weighted by Crippen LogP contribution is 2.28. The van der Waals surface area contributed by atoms with Crippen LogP contribution in [0, 0.1) is 6.92 Å². The lowest BCUT2D eigenvalue weighted by molar-refractivity contribution is -0.116. The topological polar surface area (TPSA) is 42.0 Å². The minimum Gasteiger partial charge on any atom is -0.363 e. The van der Waals surface area contributed by atoms with Crippen LogP contribution in [0.3, 0.4) is 0 Å². The van der Waals surface area contributed by atoms with E-state index in [9.17, 15) is 4.79 Å². The van der Waals surface area contributed by atoms with Gasteiger partial charge in [0.25, 0.3) is 0 Å². The molecule has 3 rings (SSSR count). The standard InChI is InChI=1S/C22H22Cl2N2O/c1-13(2)20-11-21(26-22-14(3)5-4-6-19(20)22)25-12-18(27)9-15-7-16(23)10-17(24)8-15/h4-8,10-11,13H,9,12H2,1-3H3,(H,25,26). The van der Waals surface area contributed by atoms with Gasteiger partial charge < -0.3 is 5.32 Å². The van der Waals surface area contributed by atoms with Gasteiger partial charge in [-0.3, -0.25) is 4.79 Å². The van der Waals surface area contributed by atoms with Crippen LogP contribution in [0.15, 0.2) is 42.5 Å². The molecule has 1 heterocycles. The second-order valence-corrected chi connectivity index (χ2v) is 7.94. The molecule has 0 unspecified atom stereocenters. The van der Waals surface area contributed by atoms with Crippen LogP contribution in [0.5, 0.6) is 0 Å². The fourth-order valence-corrected chi connectivity index (χ4v) is 3.75. The molecule has 1 N–H and O–H groups in total. The summed E-state index contributed by atoms with van der Waals surface area (Å²) in [4.78, 5) is 17.1. The number of anilines is 1.